The number of aromatic amines is 1. The van der Waals surface area contributed by atoms with Crippen molar-refractivity contribution in [2.24, 2.45) is 0 Å². The molecule has 2 aromatic heterocycles. The van der Waals surface area contributed by atoms with E-state index < -0.39 is 0 Å². The Morgan fingerprint density at radius 2 is 1.83 bits per heavy atom. The minimum absolute atomic E-state index is 0.0298. The molecule has 1 atom stereocenters. The summed E-state index contributed by atoms with van der Waals surface area (Å²) in [5, 5.41) is 3.19. The number of aromatic nitrogens is 3. The number of imidazole rings is 1. The largest absolute Gasteiger partial charge is 0.345 e. The number of benzene rings is 3. The molecule has 2 heterocycles. The minimum atomic E-state index is -0.234. The lowest BCUT2D eigenvalue weighted by atomic mass is 9.98. The van der Waals surface area contributed by atoms with Crippen LogP contribution < -0.4 is 5.32 Å². The first-order valence-electron chi connectivity index (χ1n) is 9.52. The van der Waals surface area contributed by atoms with Crippen LogP contribution in [-0.2, 0) is 4.79 Å². The van der Waals surface area contributed by atoms with Crippen molar-refractivity contribution in [2.45, 2.75) is 10.4 Å². The Kier molecular flexibility index (Phi) is 5.21. The van der Waals surface area contributed by atoms with Crippen molar-refractivity contribution < 1.29 is 4.79 Å². The van der Waals surface area contributed by atoms with E-state index in [9.17, 15) is 4.79 Å². The van der Waals surface area contributed by atoms with Gasteiger partial charge >= 0.3 is 0 Å². The summed E-state index contributed by atoms with van der Waals surface area (Å²) in [5.74, 6) is 0.285. The zero-order valence-electron chi connectivity index (χ0n) is 15.9. The molecular weight excluding hydrogens is 412 g/mol. The predicted molar refractivity (Wildman–Crippen MR) is 123 cm³/mol. The summed E-state index contributed by atoms with van der Waals surface area (Å²) in [6.07, 6.45) is 1.68. The molecule has 5 nitrogen and oxygen atoms in total. The average Bonchev–Trinajstić information content (AvgIpc) is 3.42. The first kappa shape index (κ1) is 18.8. The van der Waals surface area contributed by atoms with E-state index >= 15 is 0 Å². The molecule has 0 bridgehead atoms. The summed E-state index contributed by atoms with van der Waals surface area (Å²) in [6, 6.07) is 23.8. The normalized spacial score (nSPS) is 12.3. The zero-order valence-corrected chi connectivity index (χ0v) is 17.5. The minimum Gasteiger partial charge on any atom is -0.345 e. The summed E-state index contributed by atoms with van der Waals surface area (Å²) >= 11 is 3.08. The first-order valence-corrected chi connectivity index (χ1v) is 11.3. The Morgan fingerprint density at radius 1 is 1.00 bits per heavy atom. The molecule has 0 saturated carbocycles. The molecule has 0 fully saturated rings. The Hall–Kier alpha value is -3.16. The lowest BCUT2D eigenvalue weighted by Crippen LogP contribution is -2.30. The van der Waals surface area contributed by atoms with Crippen LogP contribution in [0.3, 0.4) is 0 Å². The van der Waals surface area contributed by atoms with Crippen molar-refractivity contribution in [2.75, 3.05) is 5.75 Å². The Labute approximate surface area is 181 Å². The fourth-order valence-corrected chi connectivity index (χ4v) is 5.26. The molecule has 1 unspecified atom stereocenters. The highest BCUT2D eigenvalue weighted by atomic mass is 32.2. The standard InChI is InChI=1S/C23H18N4OS2/c28-21(13-29-23-26-18-8-4-5-9-20(18)30-23)27-22(15-6-2-1-3-7-15)16-10-11-17-19(12-16)25-14-24-17/h1-12,14,22H,13H2,(H,24,25)(H,27,28). The Balaban J connectivity index is 1.35. The topological polar surface area (TPSA) is 70.7 Å². The number of nitrogens with zero attached hydrogens (tertiary/aromatic N) is 2. The number of carbonyl (C=O) groups excluding carboxylic acids is 1. The van der Waals surface area contributed by atoms with Gasteiger partial charge < -0.3 is 10.3 Å². The van der Waals surface area contributed by atoms with Gasteiger partial charge in [-0.1, -0.05) is 60.3 Å². The summed E-state index contributed by atoms with van der Waals surface area (Å²) in [4.78, 5) is 24.9. The highest BCUT2D eigenvalue weighted by Crippen LogP contribution is 2.30. The number of para-hydroxylation sites is 1. The van der Waals surface area contributed by atoms with Crippen LogP contribution >= 0.6 is 23.1 Å². The molecule has 0 aliphatic rings. The van der Waals surface area contributed by atoms with Crippen molar-refractivity contribution in [3.05, 3.63) is 90.3 Å². The number of amides is 1. The Morgan fingerprint density at radius 3 is 2.70 bits per heavy atom. The maximum atomic E-state index is 12.8. The maximum Gasteiger partial charge on any atom is 0.231 e. The maximum absolute atomic E-state index is 12.8. The van der Waals surface area contributed by atoms with Crippen molar-refractivity contribution in [3.8, 4) is 0 Å². The van der Waals surface area contributed by atoms with E-state index in [0.717, 1.165) is 36.7 Å². The van der Waals surface area contributed by atoms with E-state index in [1.165, 1.54) is 11.8 Å². The van der Waals surface area contributed by atoms with Gasteiger partial charge in [-0.3, -0.25) is 4.79 Å². The molecule has 0 saturated heterocycles. The SMILES string of the molecule is O=C(CSc1nc2ccccc2s1)NC(c1ccccc1)c1ccc2nc[nH]c2c1. The molecule has 148 valence electrons. The lowest BCUT2D eigenvalue weighted by molar-refractivity contribution is -0.119. The van der Waals surface area contributed by atoms with Crippen molar-refractivity contribution >= 4 is 50.3 Å². The van der Waals surface area contributed by atoms with E-state index in [0.29, 0.717) is 5.75 Å². The van der Waals surface area contributed by atoms with Gasteiger partial charge in [-0.2, -0.15) is 0 Å². The fourth-order valence-electron chi connectivity index (χ4n) is 3.38. The van der Waals surface area contributed by atoms with Crippen LogP contribution in [0.15, 0.2) is 83.5 Å². The third-order valence-electron chi connectivity index (χ3n) is 4.82. The van der Waals surface area contributed by atoms with Gasteiger partial charge in [0.1, 0.15) is 0 Å². The number of hydrogen-bond acceptors (Lipinski definition) is 5. The zero-order chi connectivity index (χ0) is 20.3. The highest BCUT2D eigenvalue weighted by Gasteiger charge is 2.18. The van der Waals surface area contributed by atoms with E-state index in [-0.39, 0.29) is 11.9 Å². The van der Waals surface area contributed by atoms with Gasteiger partial charge in [-0.25, -0.2) is 9.97 Å². The van der Waals surface area contributed by atoms with Crippen LogP contribution in [0, 0.1) is 0 Å². The van der Waals surface area contributed by atoms with Crippen LogP contribution in [0.4, 0.5) is 0 Å². The van der Waals surface area contributed by atoms with E-state index in [2.05, 4.69) is 20.3 Å². The van der Waals surface area contributed by atoms with Gasteiger partial charge in [0.05, 0.1) is 39.4 Å². The molecule has 30 heavy (non-hydrogen) atoms. The van der Waals surface area contributed by atoms with Crippen molar-refractivity contribution in [3.63, 3.8) is 0 Å². The summed E-state index contributed by atoms with van der Waals surface area (Å²) in [5.41, 5.74) is 4.88. The molecule has 2 N–H and O–H groups in total. The number of carbonyl (C=O) groups is 1. The van der Waals surface area contributed by atoms with E-state index in [4.69, 9.17) is 0 Å². The van der Waals surface area contributed by atoms with Crippen molar-refractivity contribution in [1.29, 1.82) is 0 Å². The summed E-state index contributed by atoms with van der Waals surface area (Å²) < 4.78 is 2.04. The molecule has 5 rings (SSSR count). The van der Waals surface area contributed by atoms with Crippen LogP contribution in [0.2, 0.25) is 0 Å². The molecule has 7 heteroatoms. The number of thiazole rings is 1. The number of rotatable bonds is 6. The van der Waals surface area contributed by atoms with Crippen molar-refractivity contribution in [1.82, 2.24) is 20.3 Å². The molecule has 5 aromatic rings. The van der Waals surface area contributed by atoms with Gasteiger partial charge in [0.2, 0.25) is 5.91 Å². The monoisotopic (exact) mass is 430 g/mol. The quantitative estimate of drug-likeness (QED) is 0.365. The van der Waals surface area contributed by atoms with E-state index in [1.807, 2.05) is 72.8 Å². The van der Waals surface area contributed by atoms with Gasteiger partial charge in [0.15, 0.2) is 4.34 Å². The van der Waals surface area contributed by atoms with Crippen LogP contribution in [-0.4, -0.2) is 26.6 Å². The third kappa shape index (κ3) is 3.94. The van der Waals surface area contributed by atoms with Gasteiger partial charge in [0, 0.05) is 0 Å². The third-order valence-corrected chi connectivity index (χ3v) is 7.00. The molecule has 3 aromatic carbocycles. The number of H-pyrrole nitrogens is 1. The number of fused-ring (bicyclic) bond motifs is 2. The molecular formula is C23H18N4OS2. The lowest BCUT2D eigenvalue weighted by Gasteiger charge is -2.20. The average molecular weight is 431 g/mol. The first-order chi connectivity index (χ1) is 14.8. The van der Waals surface area contributed by atoms with Gasteiger partial charge in [0.25, 0.3) is 0 Å². The van der Waals surface area contributed by atoms with Crippen LogP contribution in [0.25, 0.3) is 21.3 Å². The molecule has 0 aliphatic heterocycles. The molecule has 0 spiro atoms. The Bertz CT molecular complexity index is 1280. The van der Waals surface area contributed by atoms with Crippen LogP contribution in [0.1, 0.15) is 17.2 Å². The smallest absolute Gasteiger partial charge is 0.231 e. The molecule has 0 radical (unpaired) electrons. The summed E-state index contributed by atoms with van der Waals surface area (Å²) in [7, 11) is 0. The molecule has 0 aliphatic carbocycles. The number of nitrogens with one attached hydrogen (secondary N) is 2. The highest BCUT2D eigenvalue weighted by molar-refractivity contribution is 8.01. The number of thioether (sulfide) groups is 1. The second-order valence-corrected chi connectivity index (χ2v) is 9.08. The second kappa shape index (κ2) is 8.30. The van der Waals surface area contributed by atoms with Gasteiger partial charge in [-0.15, -0.1) is 11.3 Å². The van der Waals surface area contributed by atoms with E-state index in [1.54, 1.807) is 17.7 Å². The predicted octanol–water partition coefficient (Wildman–Crippen LogP) is 5.17. The van der Waals surface area contributed by atoms with Gasteiger partial charge in [-0.05, 0) is 35.4 Å². The molecule has 1 amide bonds. The number of hydrogen-bond donors (Lipinski definition) is 2. The second-order valence-electron chi connectivity index (χ2n) is 6.83. The fraction of sp³-hybridized carbons (Fsp3) is 0.0870. The summed E-state index contributed by atoms with van der Waals surface area (Å²) in [6.45, 7) is 0. The van der Waals surface area contributed by atoms with Crippen LogP contribution in [0.5, 0.6) is 0 Å².